The van der Waals surface area contributed by atoms with Crippen molar-refractivity contribution in [2.45, 2.75) is 38.8 Å². The van der Waals surface area contributed by atoms with Gasteiger partial charge in [0.15, 0.2) is 0 Å². The van der Waals surface area contributed by atoms with Crippen molar-refractivity contribution in [3.05, 3.63) is 49.1 Å². The van der Waals surface area contributed by atoms with Crippen LogP contribution in [0.1, 0.15) is 34.3 Å². The van der Waals surface area contributed by atoms with Crippen LogP contribution in [-0.2, 0) is 4.79 Å². The van der Waals surface area contributed by atoms with Crippen molar-refractivity contribution in [3.63, 3.8) is 0 Å². The molecule has 1 aromatic carbocycles. The Kier molecular flexibility index (Phi) is 7.46. The number of rotatable bonds is 5. The smallest absolute Gasteiger partial charge is 0.261 e. The number of likely N-dealkylation sites (tertiary alicyclic amines) is 1. The number of piperidine rings is 1. The number of halogens is 3. The summed E-state index contributed by atoms with van der Waals surface area (Å²) in [5.74, 6) is -0.191. The molecule has 1 aromatic heterocycles. The van der Waals surface area contributed by atoms with Crippen LogP contribution in [-0.4, -0.2) is 41.9 Å². The molecule has 0 bridgehead atoms. The fourth-order valence-corrected chi connectivity index (χ4v) is 4.63. The van der Waals surface area contributed by atoms with Crippen LogP contribution in [0.4, 0.5) is 5.69 Å². The molecule has 2 aromatic rings. The lowest BCUT2D eigenvalue weighted by atomic mass is 10.0. The molecule has 1 aliphatic rings. The van der Waals surface area contributed by atoms with Gasteiger partial charge in [-0.2, -0.15) is 0 Å². The molecule has 0 saturated carbocycles. The van der Waals surface area contributed by atoms with Crippen LogP contribution < -0.4 is 10.6 Å². The van der Waals surface area contributed by atoms with Gasteiger partial charge in [0, 0.05) is 24.0 Å². The van der Waals surface area contributed by atoms with Crippen molar-refractivity contribution >= 4 is 63.6 Å². The van der Waals surface area contributed by atoms with Crippen LogP contribution in [0.15, 0.2) is 24.3 Å². The minimum absolute atomic E-state index is 0.0263. The maximum atomic E-state index is 12.7. The monoisotopic (exact) mass is 473 g/mol. The summed E-state index contributed by atoms with van der Waals surface area (Å²) in [4.78, 5) is 28.9. The fourth-order valence-electron chi connectivity index (χ4n) is 3.27. The molecule has 1 aliphatic heterocycles. The normalized spacial score (nSPS) is 16.4. The minimum Gasteiger partial charge on any atom is -0.349 e. The van der Waals surface area contributed by atoms with Gasteiger partial charge in [-0.05, 0) is 51.0 Å². The summed E-state index contributed by atoms with van der Waals surface area (Å²) >= 11 is 19.6. The number of thiophene rings is 1. The molecule has 2 amide bonds. The lowest BCUT2D eigenvalue weighted by Crippen LogP contribution is -2.50. The van der Waals surface area contributed by atoms with E-state index >= 15 is 0 Å². The first-order chi connectivity index (χ1) is 13.7. The highest BCUT2D eigenvalue weighted by atomic mass is 35.5. The number of benzene rings is 1. The summed E-state index contributed by atoms with van der Waals surface area (Å²) < 4.78 is 0. The summed E-state index contributed by atoms with van der Waals surface area (Å²) in [6.45, 7) is 5.28. The van der Waals surface area contributed by atoms with E-state index in [1.54, 1.807) is 6.07 Å². The summed E-state index contributed by atoms with van der Waals surface area (Å²) in [6, 6.07) is 6.63. The number of nitrogens with one attached hydrogen (secondary N) is 2. The zero-order chi connectivity index (χ0) is 21.1. The number of aryl methyl sites for hydroxylation is 1. The van der Waals surface area contributed by atoms with Gasteiger partial charge in [0.1, 0.15) is 0 Å². The third-order valence-electron chi connectivity index (χ3n) is 5.02. The highest BCUT2D eigenvalue weighted by Crippen LogP contribution is 2.32. The predicted octanol–water partition coefficient (Wildman–Crippen LogP) is 5.24. The van der Waals surface area contributed by atoms with Gasteiger partial charge in [0.05, 0.1) is 31.7 Å². The Morgan fingerprint density at radius 3 is 2.38 bits per heavy atom. The fraction of sp³-hybridized carbons (Fsp3) is 0.400. The lowest BCUT2D eigenvalue weighted by Gasteiger charge is -2.35. The molecule has 2 N–H and O–H groups in total. The van der Waals surface area contributed by atoms with Gasteiger partial charge in [0.2, 0.25) is 5.91 Å². The van der Waals surface area contributed by atoms with Crippen LogP contribution in [0.3, 0.4) is 0 Å². The van der Waals surface area contributed by atoms with Crippen LogP contribution in [0.25, 0.3) is 0 Å². The number of nitrogens with zero attached hydrogens (tertiary/aromatic N) is 1. The molecule has 29 heavy (non-hydrogen) atoms. The van der Waals surface area contributed by atoms with Crippen molar-refractivity contribution < 1.29 is 9.59 Å². The Morgan fingerprint density at radius 1 is 1.10 bits per heavy atom. The Bertz CT molecular complexity index is 910. The first-order valence-electron chi connectivity index (χ1n) is 9.31. The molecule has 0 spiro atoms. The molecule has 1 unspecified atom stereocenters. The van der Waals surface area contributed by atoms with Gasteiger partial charge in [-0.25, -0.2) is 0 Å². The second kappa shape index (κ2) is 9.67. The Labute approximate surface area is 189 Å². The second-order valence-corrected chi connectivity index (χ2v) is 9.61. The number of hydrogen-bond acceptors (Lipinski definition) is 4. The predicted molar refractivity (Wildman–Crippen MR) is 121 cm³/mol. The van der Waals surface area contributed by atoms with E-state index in [1.807, 2.05) is 26.0 Å². The van der Waals surface area contributed by atoms with Crippen molar-refractivity contribution in [1.82, 2.24) is 10.2 Å². The maximum absolute atomic E-state index is 12.7. The summed E-state index contributed by atoms with van der Waals surface area (Å²) in [7, 11) is 0. The van der Waals surface area contributed by atoms with E-state index in [4.69, 9.17) is 34.8 Å². The van der Waals surface area contributed by atoms with Crippen molar-refractivity contribution in [2.24, 2.45) is 0 Å². The van der Waals surface area contributed by atoms with E-state index < -0.39 is 0 Å². The van der Waals surface area contributed by atoms with E-state index in [-0.39, 0.29) is 23.9 Å². The highest BCUT2D eigenvalue weighted by molar-refractivity contribution is 7.13. The molecule has 1 fully saturated rings. The molecule has 156 valence electrons. The number of hydrogen-bond donors (Lipinski definition) is 2. The average Bonchev–Trinajstić information content (AvgIpc) is 3.12. The average molecular weight is 475 g/mol. The van der Waals surface area contributed by atoms with Gasteiger partial charge in [0.25, 0.3) is 5.91 Å². The van der Waals surface area contributed by atoms with E-state index in [2.05, 4.69) is 15.5 Å². The molecule has 0 aliphatic carbocycles. The van der Waals surface area contributed by atoms with E-state index in [9.17, 15) is 9.59 Å². The third kappa shape index (κ3) is 5.64. The van der Waals surface area contributed by atoms with Gasteiger partial charge in [-0.1, -0.05) is 34.8 Å². The van der Waals surface area contributed by atoms with Crippen LogP contribution in [0.5, 0.6) is 0 Å². The number of carbonyl (C=O) groups is 2. The molecular weight excluding hydrogens is 453 g/mol. The molecule has 0 radical (unpaired) electrons. The Balaban J connectivity index is 1.51. The molecule has 9 heteroatoms. The lowest BCUT2D eigenvalue weighted by molar-refractivity contribution is -0.121. The number of carbonyl (C=O) groups excluding carboxylic acids is 2. The van der Waals surface area contributed by atoms with Gasteiger partial charge >= 0.3 is 0 Å². The number of anilines is 1. The van der Waals surface area contributed by atoms with Gasteiger partial charge < -0.3 is 10.6 Å². The number of amides is 2. The van der Waals surface area contributed by atoms with Crippen molar-refractivity contribution in [2.75, 3.05) is 18.4 Å². The summed E-state index contributed by atoms with van der Waals surface area (Å²) in [5.41, 5.74) is 0.436. The second-order valence-electron chi connectivity index (χ2n) is 7.11. The zero-order valence-corrected chi connectivity index (χ0v) is 19.2. The SMILES string of the molecule is Cc1ccc(C(=O)NC2CCN(C(C)C(=O)Nc3cc(Cl)c(Cl)cc3Cl)CC2)s1. The van der Waals surface area contributed by atoms with Crippen LogP contribution in [0.2, 0.25) is 15.1 Å². The largest absolute Gasteiger partial charge is 0.349 e. The Morgan fingerprint density at radius 2 is 1.76 bits per heavy atom. The standard InChI is InChI=1S/C20H22Cl3N3O2S/c1-11-3-4-18(29-11)20(28)24-13-5-7-26(8-6-13)12(2)19(27)25-17-10-15(22)14(21)9-16(17)23/h3-4,9-10,12-13H,5-8H2,1-2H3,(H,24,28)(H,25,27). The zero-order valence-electron chi connectivity index (χ0n) is 16.1. The molecule has 1 atom stereocenters. The van der Waals surface area contributed by atoms with Crippen LogP contribution >= 0.6 is 46.1 Å². The Hall–Kier alpha value is -1.31. The van der Waals surface area contributed by atoms with Gasteiger partial charge in [-0.3, -0.25) is 14.5 Å². The summed E-state index contributed by atoms with van der Waals surface area (Å²) in [5, 5.41) is 6.92. The highest BCUT2D eigenvalue weighted by Gasteiger charge is 2.28. The van der Waals surface area contributed by atoms with E-state index in [1.165, 1.54) is 17.4 Å². The molecule has 5 nitrogen and oxygen atoms in total. The quantitative estimate of drug-likeness (QED) is 0.583. The van der Waals surface area contributed by atoms with Crippen molar-refractivity contribution in [3.8, 4) is 0 Å². The first kappa shape index (κ1) is 22.4. The molecule has 1 saturated heterocycles. The van der Waals surface area contributed by atoms with Crippen LogP contribution in [0, 0.1) is 6.92 Å². The molecule has 2 heterocycles. The molecule has 3 rings (SSSR count). The van der Waals surface area contributed by atoms with E-state index in [0.29, 0.717) is 20.8 Å². The third-order valence-corrected chi connectivity index (χ3v) is 7.06. The summed E-state index contributed by atoms with van der Waals surface area (Å²) in [6.07, 6.45) is 1.59. The minimum atomic E-state index is -0.336. The van der Waals surface area contributed by atoms with E-state index in [0.717, 1.165) is 35.7 Å². The molecular formula is C20H22Cl3N3O2S. The van der Waals surface area contributed by atoms with Crippen molar-refractivity contribution in [1.29, 1.82) is 0 Å². The maximum Gasteiger partial charge on any atom is 0.261 e. The topological polar surface area (TPSA) is 61.4 Å². The van der Waals surface area contributed by atoms with Gasteiger partial charge in [-0.15, -0.1) is 11.3 Å². The first-order valence-corrected chi connectivity index (χ1v) is 11.3.